The molecule has 18 heavy (non-hydrogen) atoms. The second-order valence-corrected chi connectivity index (χ2v) is 3.94. The van der Waals surface area contributed by atoms with Crippen molar-refractivity contribution in [3.8, 4) is 11.5 Å². The molecule has 2 rings (SSSR count). The number of aliphatic hydroxyl groups is 1. The summed E-state index contributed by atoms with van der Waals surface area (Å²) in [5.74, 6) is -2.15. The molecule has 0 aliphatic heterocycles. The normalized spacial score (nSPS) is 10.4. The van der Waals surface area contributed by atoms with Crippen molar-refractivity contribution in [2.24, 2.45) is 0 Å². The van der Waals surface area contributed by atoms with Crippen LogP contribution in [0.1, 0.15) is 5.56 Å². The minimum atomic E-state index is -1.08. The van der Waals surface area contributed by atoms with Gasteiger partial charge in [0.05, 0.1) is 6.61 Å². The van der Waals surface area contributed by atoms with E-state index in [9.17, 15) is 8.78 Å². The lowest BCUT2D eigenvalue weighted by Crippen LogP contribution is -1.96. The first-order valence-corrected chi connectivity index (χ1v) is 5.51. The van der Waals surface area contributed by atoms with Gasteiger partial charge >= 0.3 is 0 Å². The Balaban J connectivity index is 2.40. The van der Waals surface area contributed by atoms with Crippen molar-refractivity contribution in [1.29, 1.82) is 0 Å². The summed E-state index contributed by atoms with van der Waals surface area (Å²) in [5.41, 5.74) is 0.322. The van der Waals surface area contributed by atoms with Crippen LogP contribution in [0.15, 0.2) is 36.4 Å². The second-order valence-electron chi connectivity index (χ2n) is 3.53. The van der Waals surface area contributed by atoms with Gasteiger partial charge in [-0.2, -0.15) is 4.39 Å². The molecule has 0 atom stereocenters. The maximum absolute atomic E-state index is 13.4. The zero-order valence-corrected chi connectivity index (χ0v) is 9.92. The Morgan fingerprint density at radius 2 is 1.72 bits per heavy atom. The number of ether oxygens (including phenoxy) is 1. The van der Waals surface area contributed by atoms with Gasteiger partial charge < -0.3 is 9.84 Å². The summed E-state index contributed by atoms with van der Waals surface area (Å²) in [4.78, 5) is 0. The van der Waals surface area contributed by atoms with Gasteiger partial charge in [-0.3, -0.25) is 0 Å². The topological polar surface area (TPSA) is 29.5 Å². The summed E-state index contributed by atoms with van der Waals surface area (Å²) < 4.78 is 31.7. The van der Waals surface area contributed by atoms with Crippen LogP contribution in [-0.4, -0.2) is 5.11 Å². The van der Waals surface area contributed by atoms with E-state index in [0.717, 1.165) is 6.07 Å². The van der Waals surface area contributed by atoms with Gasteiger partial charge in [0.2, 0.25) is 5.82 Å². The van der Waals surface area contributed by atoms with Crippen molar-refractivity contribution in [2.45, 2.75) is 6.61 Å². The highest BCUT2D eigenvalue weighted by Crippen LogP contribution is 2.32. The predicted octanol–water partition coefficient (Wildman–Crippen LogP) is 3.90. The predicted molar refractivity (Wildman–Crippen MR) is 63.8 cm³/mol. The van der Waals surface area contributed by atoms with Crippen molar-refractivity contribution >= 4 is 11.6 Å². The van der Waals surface area contributed by atoms with E-state index in [1.54, 1.807) is 12.1 Å². The van der Waals surface area contributed by atoms with Gasteiger partial charge in [0.1, 0.15) is 5.75 Å². The molecule has 94 valence electrons. The molecule has 0 aromatic heterocycles. The van der Waals surface area contributed by atoms with Gasteiger partial charge in [-0.1, -0.05) is 23.7 Å². The van der Waals surface area contributed by atoms with E-state index in [0.29, 0.717) is 10.6 Å². The lowest BCUT2D eigenvalue weighted by Gasteiger charge is -2.11. The van der Waals surface area contributed by atoms with Crippen molar-refractivity contribution in [2.75, 3.05) is 0 Å². The van der Waals surface area contributed by atoms with E-state index in [1.807, 2.05) is 0 Å². The maximum atomic E-state index is 13.4. The van der Waals surface area contributed by atoms with Crippen molar-refractivity contribution < 1.29 is 18.6 Å². The van der Waals surface area contributed by atoms with E-state index in [1.165, 1.54) is 18.2 Å². The fourth-order valence-corrected chi connectivity index (χ4v) is 1.69. The summed E-state index contributed by atoms with van der Waals surface area (Å²) in [6, 6.07) is 8.29. The molecule has 0 amide bonds. The van der Waals surface area contributed by atoms with Crippen molar-refractivity contribution in [1.82, 2.24) is 0 Å². The number of rotatable bonds is 3. The Kier molecular flexibility index (Phi) is 3.79. The Morgan fingerprint density at radius 1 is 1.06 bits per heavy atom. The summed E-state index contributed by atoms with van der Waals surface area (Å²) in [5, 5.41) is 9.47. The molecule has 0 radical (unpaired) electrons. The van der Waals surface area contributed by atoms with E-state index >= 15 is 0 Å². The molecule has 0 saturated heterocycles. The van der Waals surface area contributed by atoms with Crippen LogP contribution >= 0.6 is 11.6 Å². The molecule has 0 spiro atoms. The zero-order valence-electron chi connectivity index (χ0n) is 9.16. The minimum Gasteiger partial charge on any atom is -0.454 e. The van der Waals surface area contributed by atoms with Crippen LogP contribution in [0.2, 0.25) is 5.02 Å². The summed E-state index contributed by atoms with van der Waals surface area (Å²) in [6.07, 6.45) is 0. The molecule has 0 aliphatic rings. The highest BCUT2D eigenvalue weighted by molar-refractivity contribution is 6.31. The average molecular weight is 271 g/mol. The highest BCUT2D eigenvalue weighted by Gasteiger charge is 2.13. The molecular weight excluding hydrogens is 262 g/mol. The molecule has 2 aromatic carbocycles. The van der Waals surface area contributed by atoms with Gasteiger partial charge in [-0.05, 0) is 24.3 Å². The van der Waals surface area contributed by atoms with E-state index in [4.69, 9.17) is 21.4 Å². The molecule has 0 bridgehead atoms. The number of benzene rings is 2. The lowest BCUT2D eigenvalue weighted by atomic mass is 10.2. The smallest absolute Gasteiger partial charge is 0.201 e. The second kappa shape index (κ2) is 5.33. The zero-order chi connectivity index (χ0) is 13.1. The summed E-state index contributed by atoms with van der Waals surface area (Å²) in [6.45, 7) is -0.355. The minimum absolute atomic E-state index is 0.189. The molecule has 0 saturated carbocycles. The van der Waals surface area contributed by atoms with Crippen LogP contribution in [0.25, 0.3) is 0 Å². The molecule has 0 fully saturated rings. The third-order valence-corrected chi connectivity index (χ3v) is 2.72. The molecule has 1 N–H and O–H groups in total. The number of halogens is 3. The molecule has 0 aliphatic carbocycles. The van der Waals surface area contributed by atoms with Gasteiger partial charge in [0, 0.05) is 10.6 Å². The Labute approximate surface area is 107 Å². The fourth-order valence-electron chi connectivity index (χ4n) is 1.47. The Bertz CT molecular complexity index is 573. The lowest BCUT2D eigenvalue weighted by molar-refractivity contribution is 0.276. The average Bonchev–Trinajstić information content (AvgIpc) is 2.35. The first kappa shape index (κ1) is 12.8. The first-order valence-electron chi connectivity index (χ1n) is 5.13. The summed E-state index contributed by atoms with van der Waals surface area (Å²) in [7, 11) is 0. The standard InChI is InChI=1S/C13H9ClF2O2/c14-9-3-1-5-11(8(9)7-17)18-12-6-2-4-10(15)13(12)16/h1-6,17H,7H2. The highest BCUT2D eigenvalue weighted by atomic mass is 35.5. The Morgan fingerprint density at radius 3 is 2.44 bits per heavy atom. The molecule has 0 heterocycles. The van der Waals surface area contributed by atoms with Crippen LogP contribution in [0.4, 0.5) is 8.78 Å². The number of aliphatic hydroxyl groups excluding tert-OH is 1. The van der Waals surface area contributed by atoms with Gasteiger partial charge in [-0.15, -0.1) is 0 Å². The molecular formula is C13H9ClF2O2. The third kappa shape index (κ3) is 2.44. The molecule has 5 heteroatoms. The van der Waals surface area contributed by atoms with Crippen molar-refractivity contribution in [3.05, 3.63) is 58.6 Å². The Hall–Kier alpha value is -1.65. The van der Waals surface area contributed by atoms with Crippen LogP contribution in [0.5, 0.6) is 11.5 Å². The molecule has 2 nitrogen and oxygen atoms in total. The number of hydrogen-bond acceptors (Lipinski definition) is 2. The van der Waals surface area contributed by atoms with Crippen LogP contribution in [-0.2, 0) is 6.61 Å². The molecule has 2 aromatic rings. The molecule has 0 unspecified atom stereocenters. The van der Waals surface area contributed by atoms with E-state index < -0.39 is 11.6 Å². The SMILES string of the molecule is OCc1c(Cl)cccc1Oc1cccc(F)c1F. The maximum Gasteiger partial charge on any atom is 0.201 e. The summed E-state index contributed by atoms with van der Waals surface area (Å²) >= 11 is 5.86. The monoisotopic (exact) mass is 270 g/mol. The van der Waals surface area contributed by atoms with Crippen molar-refractivity contribution in [3.63, 3.8) is 0 Å². The quantitative estimate of drug-likeness (QED) is 0.916. The van der Waals surface area contributed by atoms with Crippen LogP contribution in [0, 0.1) is 11.6 Å². The fraction of sp³-hybridized carbons (Fsp3) is 0.0769. The van der Waals surface area contributed by atoms with Crippen LogP contribution < -0.4 is 4.74 Å². The third-order valence-electron chi connectivity index (χ3n) is 2.37. The van der Waals surface area contributed by atoms with E-state index in [2.05, 4.69) is 0 Å². The largest absolute Gasteiger partial charge is 0.454 e. The van der Waals surface area contributed by atoms with Gasteiger partial charge in [0.25, 0.3) is 0 Å². The van der Waals surface area contributed by atoms with Crippen LogP contribution in [0.3, 0.4) is 0 Å². The van der Waals surface area contributed by atoms with E-state index in [-0.39, 0.29) is 18.1 Å². The van der Waals surface area contributed by atoms with Gasteiger partial charge in [0.15, 0.2) is 11.6 Å². The van der Waals surface area contributed by atoms with Gasteiger partial charge in [-0.25, -0.2) is 4.39 Å². The first-order chi connectivity index (χ1) is 8.63. The number of hydrogen-bond donors (Lipinski definition) is 1.